The minimum Gasteiger partial charge on any atom is -0.299 e. The number of rotatable bonds is 5. The van der Waals surface area contributed by atoms with E-state index in [4.69, 9.17) is 11.6 Å². The number of halogens is 2. The molecule has 0 saturated heterocycles. The van der Waals surface area contributed by atoms with Crippen LogP contribution in [0.3, 0.4) is 0 Å². The summed E-state index contributed by atoms with van der Waals surface area (Å²) < 4.78 is 13.6. The summed E-state index contributed by atoms with van der Waals surface area (Å²) in [6.45, 7) is 12.3. The molecule has 1 aliphatic carbocycles. The van der Waals surface area contributed by atoms with Crippen LogP contribution in [-0.4, -0.2) is 29.4 Å². The molecule has 136 valence electrons. The maximum Gasteiger partial charge on any atom is 0.130 e. The minimum atomic E-state index is -0.128. The van der Waals surface area contributed by atoms with Crippen LogP contribution < -0.4 is 0 Å². The van der Waals surface area contributed by atoms with Crippen molar-refractivity contribution in [3.63, 3.8) is 0 Å². The quantitative estimate of drug-likeness (QED) is 0.545. The van der Waals surface area contributed by atoms with Gasteiger partial charge in [-0.05, 0) is 71.6 Å². The highest BCUT2D eigenvalue weighted by Gasteiger charge is 2.15. The van der Waals surface area contributed by atoms with Gasteiger partial charge in [0, 0.05) is 23.5 Å². The van der Waals surface area contributed by atoms with E-state index in [1.54, 1.807) is 6.07 Å². The van der Waals surface area contributed by atoms with Gasteiger partial charge in [0.05, 0.1) is 0 Å². The van der Waals surface area contributed by atoms with Crippen LogP contribution in [0.4, 0.5) is 4.39 Å². The van der Waals surface area contributed by atoms with E-state index >= 15 is 0 Å². The fourth-order valence-corrected chi connectivity index (χ4v) is 3.77. The predicted molar refractivity (Wildman–Crippen MR) is 105 cm³/mol. The molecule has 0 bridgehead atoms. The Labute approximate surface area is 152 Å². The normalized spacial score (nSPS) is 15.1. The van der Waals surface area contributed by atoms with Crippen molar-refractivity contribution in [3.05, 3.63) is 41.2 Å². The molecule has 0 heterocycles. The standard InChI is InChI=1S/C13H14ClF.C8H19N/c14-9-10-5-1-2-6-11(10)12-7-3-4-8-13(12)15;1-6-9(7(2)3)8(4)5/h3-4,7-8H,1-2,5-6,9H2;7-8H,6H2,1-5H3. The Hall–Kier alpha value is -0.860. The van der Waals surface area contributed by atoms with Crippen molar-refractivity contribution in [2.24, 2.45) is 0 Å². The van der Waals surface area contributed by atoms with Crippen LogP contribution in [0.2, 0.25) is 0 Å². The minimum absolute atomic E-state index is 0.128. The predicted octanol–water partition coefficient (Wildman–Crippen LogP) is 6.52. The monoisotopic (exact) mass is 353 g/mol. The number of hydrogen-bond acceptors (Lipinski definition) is 1. The van der Waals surface area contributed by atoms with Crippen LogP contribution in [0.5, 0.6) is 0 Å². The summed E-state index contributed by atoms with van der Waals surface area (Å²) >= 11 is 5.90. The number of nitrogens with zero attached hydrogens (tertiary/aromatic N) is 1. The largest absolute Gasteiger partial charge is 0.299 e. The molecule has 0 atom stereocenters. The topological polar surface area (TPSA) is 3.24 Å². The smallest absolute Gasteiger partial charge is 0.130 e. The number of allylic oxidation sites excluding steroid dienone is 2. The fourth-order valence-electron chi connectivity index (χ4n) is 3.47. The summed E-state index contributed by atoms with van der Waals surface area (Å²) in [7, 11) is 0. The van der Waals surface area contributed by atoms with Gasteiger partial charge >= 0.3 is 0 Å². The Bertz CT molecular complexity index is 514. The van der Waals surface area contributed by atoms with Gasteiger partial charge in [-0.25, -0.2) is 4.39 Å². The van der Waals surface area contributed by atoms with Gasteiger partial charge in [0.25, 0.3) is 0 Å². The molecule has 0 spiro atoms. The van der Waals surface area contributed by atoms with Crippen molar-refractivity contribution in [2.75, 3.05) is 12.4 Å². The molecular formula is C21H33ClFN. The van der Waals surface area contributed by atoms with Crippen molar-refractivity contribution >= 4 is 17.2 Å². The van der Waals surface area contributed by atoms with Gasteiger partial charge in [-0.2, -0.15) is 0 Å². The summed E-state index contributed by atoms with van der Waals surface area (Å²) in [6.07, 6.45) is 4.31. The van der Waals surface area contributed by atoms with E-state index < -0.39 is 0 Å². The molecule has 0 saturated carbocycles. The number of alkyl halides is 1. The highest BCUT2D eigenvalue weighted by molar-refractivity contribution is 6.20. The molecule has 1 aliphatic rings. The molecule has 0 N–H and O–H groups in total. The first-order chi connectivity index (χ1) is 11.4. The van der Waals surface area contributed by atoms with Gasteiger partial charge < -0.3 is 0 Å². The second kappa shape index (κ2) is 10.9. The lowest BCUT2D eigenvalue weighted by Crippen LogP contribution is -2.36. The molecular weight excluding hydrogens is 321 g/mol. The van der Waals surface area contributed by atoms with E-state index in [-0.39, 0.29) is 5.82 Å². The van der Waals surface area contributed by atoms with Crippen molar-refractivity contribution in [2.45, 2.75) is 72.4 Å². The Morgan fingerprint density at radius 2 is 1.62 bits per heavy atom. The molecule has 1 aromatic carbocycles. The average molecular weight is 354 g/mol. The third kappa shape index (κ3) is 6.22. The maximum atomic E-state index is 13.6. The Balaban J connectivity index is 0.000000277. The Kier molecular flexibility index (Phi) is 9.61. The van der Waals surface area contributed by atoms with Crippen LogP contribution in [0.1, 0.15) is 65.9 Å². The van der Waals surface area contributed by atoms with E-state index in [0.717, 1.165) is 36.9 Å². The fraction of sp³-hybridized carbons (Fsp3) is 0.619. The first-order valence-electron chi connectivity index (χ1n) is 9.19. The van der Waals surface area contributed by atoms with E-state index in [1.807, 2.05) is 12.1 Å². The lowest BCUT2D eigenvalue weighted by Gasteiger charge is -2.28. The van der Waals surface area contributed by atoms with Crippen LogP contribution >= 0.6 is 11.6 Å². The second-order valence-electron chi connectivity index (χ2n) is 6.92. The van der Waals surface area contributed by atoms with Crippen molar-refractivity contribution in [1.29, 1.82) is 0 Å². The number of benzene rings is 1. The Morgan fingerprint density at radius 3 is 2.08 bits per heavy atom. The number of hydrogen-bond donors (Lipinski definition) is 0. The second-order valence-corrected chi connectivity index (χ2v) is 7.19. The Morgan fingerprint density at radius 1 is 1.04 bits per heavy atom. The molecule has 2 rings (SSSR count). The lowest BCUT2D eigenvalue weighted by molar-refractivity contribution is 0.185. The van der Waals surface area contributed by atoms with Crippen LogP contribution in [0, 0.1) is 5.82 Å². The van der Waals surface area contributed by atoms with E-state index in [9.17, 15) is 4.39 Å². The third-order valence-corrected chi connectivity index (χ3v) is 4.96. The molecule has 1 aromatic rings. The lowest BCUT2D eigenvalue weighted by atomic mass is 9.88. The van der Waals surface area contributed by atoms with Gasteiger partial charge in [0.15, 0.2) is 0 Å². The van der Waals surface area contributed by atoms with Gasteiger partial charge in [-0.15, -0.1) is 11.6 Å². The SMILES string of the molecule is CCN(C(C)C)C(C)C.Fc1ccccc1C1=C(CCl)CCCC1. The molecule has 1 nitrogen and oxygen atoms in total. The van der Waals surface area contributed by atoms with Crippen molar-refractivity contribution in [1.82, 2.24) is 4.90 Å². The van der Waals surface area contributed by atoms with Gasteiger partial charge in [0.2, 0.25) is 0 Å². The molecule has 0 aliphatic heterocycles. The molecule has 0 fully saturated rings. The van der Waals surface area contributed by atoms with Gasteiger partial charge in [-0.1, -0.05) is 30.7 Å². The highest BCUT2D eigenvalue weighted by atomic mass is 35.5. The summed E-state index contributed by atoms with van der Waals surface area (Å²) in [5.41, 5.74) is 3.09. The van der Waals surface area contributed by atoms with Crippen molar-refractivity contribution < 1.29 is 4.39 Å². The first-order valence-corrected chi connectivity index (χ1v) is 9.73. The maximum absolute atomic E-state index is 13.6. The first kappa shape index (κ1) is 21.2. The van der Waals surface area contributed by atoms with Gasteiger partial charge in [-0.3, -0.25) is 4.90 Å². The molecule has 24 heavy (non-hydrogen) atoms. The van der Waals surface area contributed by atoms with Crippen LogP contribution in [-0.2, 0) is 0 Å². The highest BCUT2D eigenvalue weighted by Crippen LogP contribution is 2.33. The van der Waals surface area contributed by atoms with E-state index in [1.165, 1.54) is 18.1 Å². The van der Waals surface area contributed by atoms with E-state index in [0.29, 0.717) is 18.0 Å². The molecule has 0 unspecified atom stereocenters. The summed E-state index contributed by atoms with van der Waals surface area (Å²) in [5.74, 6) is 0.404. The zero-order valence-corrected chi connectivity index (χ0v) is 16.7. The van der Waals surface area contributed by atoms with Gasteiger partial charge in [0.1, 0.15) is 5.82 Å². The third-order valence-electron chi connectivity index (χ3n) is 4.63. The van der Waals surface area contributed by atoms with Crippen LogP contribution in [0.25, 0.3) is 5.57 Å². The zero-order chi connectivity index (χ0) is 18.1. The van der Waals surface area contributed by atoms with Crippen LogP contribution in [0.15, 0.2) is 29.8 Å². The summed E-state index contributed by atoms with van der Waals surface area (Å²) in [5, 5.41) is 0. The zero-order valence-electron chi connectivity index (χ0n) is 15.9. The molecule has 0 amide bonds. The molecule has 0 aromatic heterocycles. The van der Waals surface area contributed by atoms with E-state index in [2.05, 4.69) is 39.5 Å². The van der Waals surface area contributed by atoms with Crippen molar-refractivity contribution in [3.8, 4) is 0 Å². The molecule has 0 radical (unpaired) electrons. The average Bonchev–Trinajstić information content (AvgIpc) is 2.56. The summed E-state index contributed by atoms with van der Waals surface area (Å²) in [6, 6.07) is 8.35. The summed E-state index contributed by atoms with van der Waals surface area (Å²) in [4.78, 5) is 2.46. The molecule has 3 heteroatoms.